The summed E-state index contributed by atoms with van der Waals surface area (Å²) in [5, 5.41) is 8.03. The summed E-state index contributed by atoms with van der Waals surface area (Å²) in [6.07, 6.45) is 0.625. The van der Waals surface area contributed by atoms with E-state index in [9.17, 15) is 0 Å². The molecule has 6 heteroatoms. The van der Waals surface area contributed by atoms with Gasteiger partial charge in [0.15, 0.2) is 5.82 Å². The van der Waals surface area contributed by atoms with Crippen molar-refractivity contribution in [3.05, 3.63) is 17.6 Å². The van der Waals surface area contributed by atoms with Crippen LogP contribution in [-0.2, 0) is 13.5 Å². The molecule has 2 rings (SSSR count). The van der Waals surface area contributed by atoms with Crippen LogP contribution in [0.2, 0.25) is 0 Å². The maximum absolute atomic E-state index is 5.40. The van der Waals surface area contributed by atoms with Crippen LogP contribution in [0.5, 0.6) is 0 Å². The Hall–Kier alpha value is -1.69. The maximum Gasteiger partial charge on any atom is 0.276 e. The van der Waals surface area contributed by atoms with Crippen molar-refractivity contribution in [2.45, 2.75) is 13.3 Å². The number of hydrogen-bond acceptors (Lipinski definition) is 5. The highest BCUT2D eigenvalue weighted by Gasteiger charge is 2.12. The average Bonchev–Trinajstić information content (AvgIpc) is 2.73. The Morgan fingerprint density at radius 3 is 2.93 bits per heavy atom. The van der Waals surface area contributed by atoms with Crippen LogP contribution in [-0.4, -0.2) is 26.5 Å². The van der Waals surface area contributed by atoms with Crippen LogP contribution in [0.3, 0.4) is 0 Å². The normalized spacial score (nSPS) is 10.9. The SMILES string of the molecule is Cc1cc(-c2nc(CCN)no2)n(C)n1. The summed E-state index contributed by atoms with van der Waals surface area (Å²) in [4.78, 5) is 4.23. The molecule has 0 bridgehead atoms. The van der Waals surface area contributed by atoms with Gasteiger partial charge in [0, 0.05) is 13.5 Å². The summed E-state index contributed by atoms with van der Waals surface area (Å²) < 4.78 is 6.84. The third-order valence-electron chi connectivity index (χ3n) is 2.06. The molecule has 0 aliphatic heterocycles. The number of aryl methyl sites for hydroxylation is 2. The minimum absolute atomic E-state index is 0.488. The Kier molecular flexibility index (Phi) is 2.51. The summed E-state index contributed by atoms with van der Waals surface area (Å²) in [7, 11) is 1.84. The Morgan fingerprint density at radius 2 is 2.33 bits per heavy atom. The monoisotopic (exact) mass is 207 g/mol. The van der Waals surface area contributed by atoms with E-state index in [4.69, 9.17) is 10.3 Å². The van der Waals surface area contributed by atoms with Crippen LogP contribution in [0, 0.1) is 6.92 Å². The molecule has 2 aromatic rings. The van der Waals surface area contributed by atoms with Crippen molar-refractivity contribution in [1.29, 1.82) is 0 Å². The van der Waals surface area contributed by atoms with E-state index in [2.05, 4.69) is 15.2 Å². The summed E-state index contributed by atoms with van der Waals surface area (Å²) in [6, 6.07) is 1.90. The summed E-state index contributed by atoms with van der Waals surface area (Å²) in [6.45, 7) is 2.43. The minimum Gasteiger partial charge on any atom is -0.332 e. The van der Waals surface area contributed by atoms with E-state index in [0.29, 0.717) is 24.7 Å². The molecule has 2 aromatic heterocycles. The minimum atomic E-state index is 0.488. The van der Waals surface area contributed by atoms with Gasteiger partial charge in [-0.2, -0.15) is 10.1 Å². The third kappa shape index (κ3) is 1.89. The van der Waals surface area contributed by atoms with Crippen LogP contribution in [0.25, 0.3) is 11.6 Å². The van der Waals surface area contributed by atoms with Gasteiger partial charge in [-0.15, -0.1) is 0 Å². The highest BCUT2D eigenvalue weighted by Crippen LogP contribution is 2.17. The lowest BCUT2D eigenvalue weighted by atomic mass is 10.3. The molecule has 0 aromatic carbocycles. The molecule has 0 fully saturated rings. The Labute approximate surface area is 87.1 Å². The molecule has 6 nitrogen and oxygen atoms in total. The highest BCUT2D eigenvalue weighted by atomic mass is 16.5. The first-order valence-electron chi connectivity index (χ1n) is 4.74. The molecule has 0 unspecified atom stereocenters. The highest BCUT2D eigenvalue weighted by molar-refractivity contribution is 5.47. The average molecular weight is 207 g/mol. The van der Waals surface area contributed by atoms with E-state index in [0.717, 1.165) is 11.4 Å². The van der Waals surface area contributed by atoms with Gasteiger partial charge in [0.1, 0.15) is 5.69 Å². The maximum atomic E-state index is 5.40. The number of rotatable bonds is 3. The number of hydrogen-bond donors (Lipinski definition) is 1. The van der Waals surface area contributed by atoms with Gasteiger partial charge in [-0.05, 0) is 19.5 Å². The fourth-order valence-electron chi connectivity index (χ4n) is 1.40. The second kappa shape index (κ2) is 3.82. The van der Waals surface area contributed by atoms with E-state index in [1.165, 1.54) is 0 Å². The van der Waals surface area contributed by atoms with E-state index in [1.807, 2.05) is 20.0 Å². The number of nitrogens with two attached hydrogens (primary N) is 1. The molecule has 0 spiro atoms. The lowest BCUT2D eigenvalue weighted by Crippen LogP contribution is -2.03. The topological polar surface area (TPSA) is 82.8 Å². The lowest BCUT2D eigenvalue weighted by Gasteiger charge is -1.92. The van der Waals surface area contributed by atoms with Crippen molar-refractivity contribution in [3.8, 4) is 11.6 Å². The first-order valence-corrected chi connectivity index (χ1v) is 4.74. The fraction of sp³-hybridized carbons (Fsp3) is 0.444. The molecule has 2 heterocycles. The van der Waals surface area contributed by atoms with Crippen LogP contribution in [0.1, 0.15) is 11.5 Å². The van der Waals surface area contributed by atoms with Gasteiger partial charge >= 0.3 is 0 Å². The van der Waals surface area contributed by atoms with Crippen molar-refractivity contribution in [1.82, 2.24) is 19.9 Å². The van der Waals surface area contributed by atoms with Crippen molar-refractivity contribution in [3.63, 3.8) is 0 Å². The first kappa shape index (κ1) is 9.85. The zero-order chi connectivity index (χ0) is 10.8. The van der Waals surface area contributed by atoms with Crippen LogP contribution in [0.15, 0.2) is 10.6 Å². The molecule has 15 heavy (non-hydrogen) atoms. The molecule has 0 aliphatic rings. The predicted molar refractivity (Wildman–Crippen MR) is 54.0 cm³/mol. The van der Waals surface area contributed by atoms with Crippen molar-refractivity contribution >= 4 is 0 Å². The Morgan fingerprint density at radius 1 is 1.53 bits per heavy atom. The van der Waals surface area contributed by atoms with Gasteiger partial charge in [-0.3, -0.25) is 4.68 Å². The van der Waals surface area contributed by atoms with E-state index in [1.54, 1.807) is 4.68 Å². The zero-order valence-corrected chi connectivity index (χ0v) is 8.77. The zero-order valence-electron chi connectivity index (χ0n) is 8.77. The van der Waals surface area contributed by atoms with Gasteiger partial charge < -0.3 is 10.3 Å². The summed E-state index contributed by atoms with van der Waals surface area (Å²) in [5.41, 5.74) is 7.15. The largest absolute Gasteiger partial charge is 0.332 e. The molecule has 0 amide bonds. The summed E-state index contributed by atoms with van der Waals surface area (Å²) in [5.74, 6) is 1.12. The molecule has 0 saturated heterocycles. The molecule has 80 valence electrons. The Balaban J connectivity index is 2.32. The third-order valence-corrected chi connectivity index (χ3v) is 2.06. The quantitative estimate of drug-likeness (QED) is 0.781. The van der Waals surface area contributed by atoms with Crippen LogP contribution >= 0.6 is 0 Å². The second-order valence-corrected chi connectivity index (χ2v) is 3.35. The first-order chi connectivity index (χ1) is 7.20. The lowest BCUT2D eigenvalue weighted by molar-refractivity contribution is 0.419. The van der Waals surface area contributed by atoms with E-state index < -0.39 is 0 Å². The van der Waals surface area contributed by atoms with Crippen molar-refractivity contribution < 1.29 is 4.52 Å². The van der Waals surface area contributed by atoms with Gasteiger partial charge in [0.2, 0.25) is 0 Å². The van der Waals surface area contributed by atoms with Crippen LogP contribution < -0.4 is 5.73 Å². The molecular weight excluding hydrogens is 194 g/mol. The van der Waals surface area contributed by atoms with Gasteiger partial charge in [-0.25, -0.2) is 0 Å². The smallest absolute Gasteiger partial charge is 0.276 e. The van der Waals surface area contributed by atoms with Gasteiger partial charge in [0.05, 0.1) is 5.69 Å². The molecule has 0 atom stereocenters. The van der Waals surface area contributed by atoms with Gasteiger partial charge in [-0.1, -0.05) is 5.16 Å². The van der Waals surface area contributed by atoms with Crippen LogP contribution in [0.4, 0.5) is 0 Å². The fourth-order valence-corrected chi connectivity index (χ4v) is 1.40. The molecule has 0 saturated carbocycles. The van der Waals surface area contributed by atoms with Crippen molar-refractivity contribution in [2.75, 3.05) is 6.54 Å². The number of nitrogens with zero attached hydrogens (tertiary/aromatic N) is 4. The van der Waals surface area contributed by atoms with E-state index in [-0.39, 0.29) is 0 Å². The Bertz CT molecular complexity index is 459. The predicted octanol–water partition coefficient (Wildman–Crippen LogP) is 0.280. The van der Waals surface area contributed by atoms with Gasteiger partial charge in [0.25, 0.3) is 5.89 Å². The summed E-state index contributed by atoms with van der Waals surface area (Å²) >= 11 is 0. The molecule has 0 radical (unpaired) electrons. The second-order valence-electron chi connectivity index (χ2n) is 3.35. The van der Waals surface area contributed by atoms with E-state index >= 15 is 0 Å². The molecule has 2 N–H and O–H groups in total. The van der Waals surface area contributed by atoms with Crippen molar-refractivity contribution in [2.24, 2.45) is 12.8 Å². The number of aromatic nitrogens is 4. The standard InChI is InChI=1S/C9H13N5O/c1-6-5-7(14(2)12-6)9-11-8(3-4-10)13-15-9/h5H,3-4,10H2,1-2H3. The molecular formula is C9H13N5O. The molecule has 0 aliphatic carbocycles.